The van der Waals surface area contributed by atoms with Crippen molar-refractivity contribution in [2.75, 3.05) is 12.3 Å². The van der Waals surface area contributed by atoms with Crippen LogP contribution >= 0.6 is 0 Å². The lowest BCUT2D eigenvalue weighted by molar-refractivity contribution is 0.0953. The van der Waals surface area contributed by atoms with E-state index in [9.17, 15) is 4.79 Å². The number of nitrogen functional groups attached to an aromatic ring is 1. The zero-order valence-electron chi connectivity index (χ0n) is 8.29. The molecular formula is C10H15N3O. The van der Waals surface area contributed by atoms with Crippen LogP contribution in [0.3, 0.4) is 0 Å². The normalized spacial score (nSPS) is 9.79. The van der Waals surface area contributed by atoms with Gasteiger partial charge < -0.3 is 11.1 Å². The van der Waals surface area contributed by atoms with Crippen molar-refractivity contribution in [1.29, 1.82) is 0 Å². The number of nitrogens with zero attached hydrogens (tertiary/aromatic N) is 1. The molecule has 1 amide bonds. The molecule has 0 fully saturated rings. The van der Waals surface area contributed by atoms with E-state index in [0.717, 1.165) is 12.8 Å². The topological polar surface area (TPSA) is 68.0 Å². The van der Waals surface area contributed by atoms with E-state index in [4.69, 9.17) is 5.73 Å². The van der Waals surface area contributed by atoms with Crippen molar-refractivity contribution in [3.8, 4) is 0 Å². The molecule has 0 atom stereocenters. The van der Waals surface area contributed by atoms with Crippen LogP contribution in [0.2, 0.25) is 0 Å². The summed E-state index contributed by atoms with van der Waals surface area (Å²) in [7, 11) is 0. The molecule has 14 heavy (non-hydrogen) atoms. The van der Waals surface area contributed by atoms with Gasteiger partial charge >= 0.3 is 0 Å². The van der Waals surface area contributed by atoms with E-state index in [2.05, 4.69) is 17.2 Å². The Kier molecular flexibility index (Phi) is 3.91. The van der Waals surface area contributed by atoms with Crippen molar-refractivity contribution in [2.45, 2.75) is 19.8 Å². The predicted molar refractivity (Wildman–Crippen MR) is 55.9 cm³/mol. The number of aromatic nitrogens is 1. The smallest absolute Gasteiger partial charge is 0.252 e. The highest BCUT2D eigenvalue weighted by Crippen LogP contribution is 2.00. The van der Waals surface area contributed by atoms with Crippen molar-refractivity contribution >= 4 is 11.7 Å². The van der Waals surface area contributed by atoms with Crippen molar-refractivity contribution in [3.05, 3.63) is 23.9 Å². The molecule has 0 radical (unpaired) electrons. The molecule has 1 aromatic heterocycles. The summed E-state index contributed by atoms with van der Waals surface area (Å²) >= 11 is 0. The highest BCUT2D eigenvalue weighted by atomic mass is 16.1. The molecule has 1 rings (SSSR count). The van der Waals surface area contributed by atoms with E-state index >= 15 is 0 Å². The van der Waals surface area contributed by atoms with Gasteiger partial charge in [-0.05, 0) is 18.6 Å². The number of anilines is 1. The Morgan fingerprint density at radius 3 is 2.93 bits per heavy atom. The summed E-state index contributed by atoms with van der Waals surface area (Å²) in [4.78, 5) is 15.3. The van der Waals surface area contributed by atoms with Crippen LogP contribution in [0.25, 0.3) is 0 Å². The van der Waals surface area contributed by atoms with Gasteiger partial charge in [-0.25, -0.2) is 4.98 Å². The number of rotatable bonds is 4. The van der Waals surface area contributed by atoms with Gasteiger partial charge in [0, 0.05) is 12.7 Å². The lowest BCUT2D eigenvalue weighted by Gasteiger charge is -2.03. The molecule has 0 aliphatic carbocycles. The number of carbonyl (C=O) groups is 1. The summed E-state index contributed by atoms with van der Waals surface area (Å²) in [5, 5.41) is 2.80. The fourth-order valence-electron chi connectivity index (χ4n) is 1.02. The maximum Gasteiger partial charge on any atom is 0.252 e. The van der Waals surface area contributed by atoms with E-state index in [1.165, 1.54) is 6.20 Å². The third kappa shape index (κ3) is 3.05. The van der Waals surface area contributed by atoms with Crippen LogP contribution in [0.15, 0.2) is 18.3 Å². The minimum atomic E-state index is -0.0917. The second-order valence-electron chi connectivity index (χ2n) is 3.08. The predicted octanol–water partition coefficient (Wildman–Crippen LogP) is 1.19. The van der Waals surface area contributed by atoms with Crippen LogP contribution in [-0.4, -0.2) is 17.4 Å². The zero-order valence-corrected chi connectivity index (χ0v) is 8.29. The molecule has 0 aliphatic heterocycles. The van der Waals surface area contributed by atoms with Crippen molar-refractivity contribution in [1.82, 2.24) is 10.3 Å². The second-order valence-corrected chi connectivity index (χ2v) is 3.08. The molecule has 0 aliphatic rings. The summed E-state index contributed by atoms with van der Waals surface area (Å²) in [6, 6.07) is 3.29. The van der Waals surface area contributed by atoms with E-state index in [-0.39, 0.29) is 5.91 Å². The molecule has 1 heterocycles. The number of nitrogens with two attached hydrogens (primary N) is 1. The van der Waals surface area contributed by atoms with E-state index in [1.807, 2.05) is 0 Å². The van der Waals surface area contributed by atoms with Gasteiger partial charge in [0.1, 0.15) is 5.82 Å². The molecule has 76 valence electrons. The number of pyridine rings is 1. The fraction of sp³-hybridized carbons (Fsp3) is 0.400. The number of nitrogens with one attached hydrogen (secondary N) is 1. The first kappa shape index (κ1) is 10.5. The van der Waals surface area contributed by atoms with Gasteiger partial charge in [-0.15, -0.1) is 0 Å². The molecule has 0 unspecified atom stereocenters. The SMILES string of the molecule is CCCCNC(=O)c1ccc(N)nc1. The van der Waals surface area contributed by atoms with Gasteiger partial charge in [0.2, 0.25) is 0 Å². The van der Waals surface area contributed by atoms with Crippen molar-refractivity contribution in [3.63, 3.8) is 0 Å². The molecule has 0 saturated heterocycles. The molecule has 0 spiro atoms. The highest BCUT2D eigenvalue weighted by Gasteiger charge is 2.03. The van der Waals surface area contributed by atoms with Gasteiger partial charge in [-0.2, -0.15) is 0 Å². The minimum absolute atomic E-state index is 0.0917. The van der Waals surface area contributed by atoms with Crippen LogP contribution in [0, 0.1) is 0 Å². The zero-order chi connectivity index (χ0) is 10.4. The van der Waals surface area contributed by atoms with E-state index < -0.39 is 0 Å². The largest absolute Gasteiger partial charge is 0.384 e. The van der Waals surface area contributed by atoms with Crippen LogP contribution in [0.1, 0.15) is 30.1 Å². The summed E-state index contributed by atoms with van der Waals surface area (Å²) in [5.41, 5.74) is 5.96. The summed E-state index contributed by atoms with van der Waals surface area (Å²) in [6.45, 7) is 2.79. The fourth-order valence-corrected chi connectivity index (χ4v) is 1.02. The Labute approximate surface area is 83.5 Å². The van der Waals surface area contributed by atoms with Crippen LogP contribution in [0.5, 0.6) is 0 Å². The van der Waals surface area contributed by atoms with Gasteiger partial charge in [-0.3, -0.25) is 4.79 Å². The summed E-state index contributed by atoms with van der Waals surface area (Å²) in [6.07, 6.45) is 3.55. The van der Waals surface area contributed by atoms with Gasteiger partial charge in [0.15, 0.2) is 0 Å². The molecular weight excluding hydrogens is 178 g/mol. The van der Waals surface area contributed by atoms with Crippen LogP contribution in [0.4, 0.5) is 5.82 Å². The first-order valence-corrected chi connectivity index (χ1v) is 4.73. The number of hydrogen-bond donors (Lipinski definition) is 2. The Balaban J connectivity index is 2.48. The van der Waals surface area contributed by atoms with Crippen LogP contribution in [-0.2, 0) is 0 Å². The van der Waals surface area contributed by atoms with Crippen LogP contribution < -0.4 is 11.1 Å². The van der Waals surface area contributed by atoms with Crippen molar-refractivity contribution in [2.24, 2.45) is 0 Å². The standard InChI is InChI=1S/C10H15N3O/c1-2-3-6-12-10(14)8-4-5-9(11)13-7-8/h4-5,7H,2-3,6H2,1H3,(H2,11,13)(H,12,14). The number of amides is 1. The first-order chi connectivity index (χ1) is 6.74. The lowest BCUT2D eigenvalue weighted by atomic mass is 10.2. The van der Waals surface area contributed by atoms with E-state index in [1.54, 1.807) is 12.1 Å². The average molecular weight is 193 g/mol. The Bertz CT molecular complexity index is 295. The minimum Gasteiger partial charge on any atom is -0.384 e. The maximum absolute atomic E-state index is 11.4. The monoisotopic (exact) mass is 193 g/mol. The average Bonchev–Trinajstić information content (AvgIpc) is 2.19. The molecule has 0 saturated carbocycles. The van der Waals surface area contributed by atoms with Gasteiger partial charge in [0.25, 0.3) is 5.91 Å². The molecule has 3 N–H and O–H groups in total. The number of hydrogen-bond acceptors (Lipinski definition) is 3. The molecule has 0 bridgehead atoms. The molecule has 1 aromatic rings. The number of unbranched alkanes of at least 4 members (excludes halogenated alkanes) is 1. The third-order valence-electron chi connectivity index (χ3n) is 1.86. The Hall–Kier alpha value is -1.58. The summed E-state index contributed by atoms with van der Waals surface area (Å²) in [5.74, 6) is 0.334. The Morgan fingerprint density at radius 1 is 1.57 bits per heavy atom. The highest BCUT2D eigenvalue weighted by molar-refractivity contribution is 5.93. The van der Waals surface area contributed by atoms with E-state index in [0.29, 0.717) is 17.9 Å². The van der Waals surface area contributed by atoms with Gasteiger partial charge in [0.05, 0.1) is 5.56 Å². The Morgan fingerprint density at radius 2 is 2.36 bits per heavy atom. The lowest BCUT2D eigenvalue weighted by Crippen LogP contribution is -2.24. The molecule has 4 nitrogen and oxygen atoms in total. The summed E-state index contributed by atoms with van der Waals surface area (Å²) < 4.78 is 0. The quantitative estimate of drug-likeness (QED) is 0.706. The van der Waals surface area contributed by atoms with Gasteiger partial charge in [-0.1, -0.05) is 13.3 Å². The number of carbonyl (C=O) groups excluding carboxylic acids is 1. The van der Waals surface area contributed by atoms with Crippen molar-refractivity contribution < 1.29 is 4.79 Å². The molecule has 4 heteroatoms. The maximum atomic E-state index is 11.4. The molecule has 0 aromatic carbocycles. The first-order valence-electron chi connectivity index (χ1n) is 4.73. The second kappa shape index (κ2) is 5.21. The third-order valence-corrected chi connectivity index (χ3v) is 1.86.